The lowest BCUT2D eigenvalue weighted by atomic mass is 10.0. The highest BCUT2D eigenvalue weighted by atomic mass is 35.5. The van der Waals surface area contributed by atoms with Crippen molar-refractivity contribution in [2.24, 2.45) is 0 Å². The van der Waals surface area contributed by atoms with Gasteiger partial charge in [-0.1, -0.05) is 25.7 Å². The first-order valence-electron chi connectivity index (χ1n) is 7.15. The molecule has 4 nitrogen and oxygen atoms in total. The SMILES string of the molecule is ClNC1(COCOCC2(NCl)CCCC2)CCCC1. The maximum absolute atomic E-state index is 5.83. The smallest absolute Gasteiger partial charge is 0.146 e. The van der Waals surface area contributed by atoms with Gasteiger partial charge in [0.05, 0.1) is 24.3 Å². The van der Waals surface area contributed by atoms with Crippen molar-refractivity contribution in [3.05, 3.63) is 0 Å². The zero-order valence-corrected chi connectivity index (χ0v) is 12.9. The standard InChI is InChI=1S/C13H24Cl2N2O2/c14-16-12(5-1-2-6-12)9-18-11-19-10-13(17-15)7-3-4-8-13/h16-17H,1-11H2. The predicted molar refractivity (Wildman–Crippen MR) is 77.1 cm³/mol. The molecule has 0 heterocycles. The zero-order chi connectivity index (χ0) is 13.6. The summed E-state index contributed by atoms with van der Waals surface area (Å²) in [5, 5.41) is 0. The molecule has 2 fully saturated rings. The minimum atomic E-state index is -0.0549. The van der Waals surface area contributed by atoms with E-state index in [1.165, 1.54) is 25.7 Å². The van der Waals surface area contributed by atoms with E-state index in [0.29, 0.717) is 20.0 Å². The van der Waals surface area contributed by atoms with Crippen molar-refractivity contribution in [1.82, 2.24) is 9.67 Å². The fourth-order valence-corrected chi connectivity index (χ4v) is 3.66. The molecule has 0 aromatic rings. The van der Waals surface area contributed by atoms with E-state index >= 15 is 0 Å². The minimum Gasteiger partial charge on any atom is -0.353 e. The molecule has 6 heteroatoms. The molecule has 2 saturated carbocycles. The Morgan fingerprint density at radius 1 is 0.737 bits per heavy atom. The summed E-state index contributed by atoms with van der Waals surface area (Å²) in [4.78, 5) is 5.77. The Bertz CT molecular complexity index is 241. The summed E-state index contributed by atoms with van der Waals surface area (Å²) in [6.07, 6.45) is 9.14. The lowest BCUT2D eigenvalue weighted by molar-refractivity contribution is -0.0830. The van der Waals surface area contributed by atoms with Crippen LogP contribution in [0.15, 0.2) is 0 Å². The first-order valence-corrected chi connectivity index (χ1v) is 7.91. The van der Waals surface area contributed by atoms with Crippen LogP contribution in [0.3, 0.4) is 0 Å². The molecule has 0 radical (unpaired) electrons. The van der Waals surface area contributed by atoms with Crippen molar-refractivity contribution in [2.75, 3.05) is 20.0 Å². The van der Waals surface area contributed by atoms with E-state index in [1.54, 1.807) is 0 Å². The van der Waals surface area contributed by atoms with Crippen molar-refractivity contribution in [2.45, 2.75) is 62.4 Å². The van der Waals surface area contributed by atoms with E-state index in [9.17, 15) is 0 Å². The van der Waals surface area contributed by atoms with Gasteiger partial charge in [-0.05, 0) is 49.2 Å². The second-order valence-corrected chi connectivity index (χ2v) is 6.36. The fraction of sp³-hybridized carbons (Fsp3) is 1.00. The molecule has 2 aliphatic rings. The number of nitrogens with one attached hydrogen (secondary N) is 2. The van der Waals surface area contributed by atoms with Crippen molar-refractivity contribution in [1.29, 1.82) is 0 Å². The molecule has 0 spiro atoms. The monoisotopic (exact) mass is 310 g/mol. The van der Waals surface area contributed by atoms with Gasteiger partial charge in [0.15, 0.2) is 0 Å². The van der Waals surface area contributed by atoms with Crippen LogP contribution in [0.4, 0.5) is 0 Å². The van der Waals surface area contributed by atoms with Crippen LogP contribution < -0.4 is 9.67 Å². The second kappa shape index (κ2) is 7.43. The maximum Gasteiger partial charge on any atom is 0.146 e. The van der Waals surface area contributed by atoms with Crippen LogP contribution in [-0.4, -0.2) is 31.1 Å². The average Bonchev–Trinajstić information content (AvgIpc) is 3.09. The van der Waals surface area contributed by atoms with Gasteiger partial charge >= 0.3 is 0 Å². The van der Waals surface area contributed by atoms with E-state index in [4.69, 9.17) is 33.0 Å². The summed E-state index contributed by atoms with van der Waals surface area (Å²) in [6, 6.07) is 0. The Morgan fingerprint density at radius 2 is 1.11 bits per heavy atom. The van der Waals surface area contributed by atoms with Gasteiger partial charge in [0, 0.05) is 0 Å². The number of hydrogen-bond donors (Lipinski definition) is 2. The molecular weight excluding hydrogens is 287 g/mol. The predicted octanol–water partition coefficient (Wildman–Crippen LogP) is 3.09. The molecule has 0 unspecified atom stereocenters. The average molecular weight is 311 g/mol. The quantitative estimate of drug-likeness (QED) is 0.411. The third kappa shape index (κ3) is 4.19. The number of ether oxygens (including phenoxy) is 2. The minimum absolute atomic E-state index is 0.0549. The summed E-state index contributed by atoms with van der Waals surface area (Å²) < 4.78 is 11.2. The van der Waals surface area contributed by atoms with Gasteiger partial charge in [0.1, 0.15) is 6.79 Å². The first kappa shape index (κ1) is 15.8. The molecule has 0 aromatic heterocycles. The molecule has 0 saturated heterocycles. The summed E-state index contributed by atoms with van der Waals surface area (Å²) in [6.45, 7) is 1.52. The number of hydrogen-bond acceptors (Lipinski definition) is 4. The van der Waals surface area contributed by atoms with E-state index in [-0.39, 0.29) is 11.1 Å². The van der Waals surface area contributed by atoms with Crippen LogP contribution in [0.1, 0.15) is 51.4 Å². The Labute approximate surface area is 125 Å². The van der Waals surface area contributed by atoms with Gasteiger partial charge < -0.3 is 9.47 Å². The van der Waals surface area contributed by atoms with Gasteiger partial charge in [0.25, 0.3) is 0 Å². The third-order valence-electron chi connectivity index (χ3n) is 4.45. The summed E-state index contributed by atoms with van der Waals surface area (Å²) in [5.74, 6) is 0. The highest BCUT2D eigenvalue weighted by molar-refractivity contribution is 6.14. The summed E-state index contributed by atoms with van der Waals surface area (Å²) in [7, 11) is 0. The van der Waals surface area contributed by atoms with Crippen molar-refractivity contribution in [3.63, 3.8) is 0 Å². The lowest BCUT2D eigenvalue weighted by Gasteiger charge is -2.28. The van der Waals surface area contributed by atoms with Crippen LogP contribution in [0, 0.1) is 0 Å². The van der Waals surface area contributed by atoms with Crippen LogP contribution in [-0.2, 0) is 9.47 Å². The topological polar surface area (TPSA) is 42.5 Å². The highest BCUT2D eigenvalue weighted by Gasteiger charge is 2.35. The summed E-state index contributed by atoms with van der Waals surface area (Å²) in [5.41, 5.74) is -0.110. The van der Waals surface area contributed by atoms with Crippen molar-refractivity contribution < 1.29 is 9.47 Å². The number of rotatable bonds is 8. The number of halogens is 2. The normalized spacial score (nSPS) is 24.9. The van der Waals surface area contributed by atoms with Gasteiger partial charge in [-0.3, -0.25) is 0 Å². The largest absolute Gasteiger partial charge is 0.353 e. The molecule has 0 atom stereocenters. The van der Waals surface area contributed by atoms with Gasteiger partial charge in [-0.2, -0.15) is 0 Å². The van der Waals surface area contributed by atoms with Crippen LogP contribution in [0.5, 0.6) is 0 Å². The molecule has 2 rings (SSSR count). The van der Waals surface area contributed by atoms with Crippen LogP contribution in [0.2, 0.25) is 0 Å². The Kier molecular flexibility index (Phi) is 6.18. The van der Waals surface area contributed by atoms with Gasteiger partial charge in [0.2, 0.25) is 0 Å². The lowest BCUT2D eigenvalue weighted by Crippen LogP contribution is -2.43. The highest BCUT2D eigenvalue weighted by Crippen LogP contribution is 2.31. The molecule has 19 heavy (non-hydrogen) atoms. The summed E-state index contributed by atoms with van der Waals surface area (Å²) >= 11 is 11.7. The molecule has 2 aliphatic carbocycles. The van der Waals surface area contributed by atoms with Gasteiger partial charge in [-0.15, -0.1) is 0 Å². The van der Waals surface area contributed by atoms with E-state index < -0.39 is 0 Å². The fourth-order valence-electron chi connectivity index (χ4n) is 3.17. The second-order valence-electron chi connectivity index (χ2n) is 5.98. The Morgan fingerprint density at radius 3 is 1.42 bits per heavy atom. The van der Waals surface area contributed by atoms with Crippen molar-refractivity contribution >= 4 is 23.6 Å². The van der Waals surface area contributed by atoms with Crippen molar-refractivity contribution in [3.8, 4) is 0 Å². The molecule has 0 aromatic carbocycles. The van der Waals surface area contributed by atoms with Crippen LogP contribution in [0.25, 0.3) is 0 Å². The molecular formula is C13H24Cl2N2O2. The molecule has 2 N–H and O–H groups in total. The molecule has 112 valence electrons. The molecule has 0 aliphatic heterocycles. The maximum atomic E-state index is 5.83. The third-order valence-corrected chi connectivity index (χ3v) is 5.25. The zero-order valence-electron chi connectivity index (χ0n) is 11.4. The molecule has 0 bridgehead atoms. The van der Waals surface area contributed by atoms with E-state index in [2.05, 4.69) is 9.67 Å². The molecule has 0 amide bonds. The van der Waals surface area contributed by atoms with Crippen LogP contribution >= 0.6 is 23.6 Å². The Hall–Kier alpha value is 0.420. The Balaban J connectivity index is 1.61. The van der Waals surface area contributed by atoms with E-state index in [1.807, 2.05) is 0 Å². The van der Waals surface area contributed by atoms with Gasteiger partial charge in [-0.25, -0.2) is 9.67 Å². The first-order chi connectivity index (χ1) is 9.24. The van der Waals surface area contributed by atoms with E-state index in [0.717, 1.165) is 25.7 Å².